The normalized spacial score (nSPS) is 23.3. The number of nitrogens with two attached hydrogens (primary N) is 1. The van der Waals surface area contributed by atoms with Gasteiger partial charge in [-0.2, -0.15) is 0 Å². The topological polar surface area (TPSA) is 62.3 Å². The molecule has 0 spiro atoms. The van der Waals surface area contributed by atoms with Gasteiger partial charge in [0.2, 0.25) is 5.95 Å². The summed E-state index contributed by atoms with van der Waals surface area (Å²) in [5.41, 5.74) is 7.32. The fraction of sp³-hybridized carbons (Fsp3) is 0.462. The lowest BCUT2D eigenvalue weighted by Gasteiger charge is -2.26. The molecule has 1 saturated heterocycles. The fourth-order valence-electron chi connectivity index (χ4n) is 2.55. The van der Waals surface area contributed by atoms with E-state index >= 15 is 0 Å². The van der Waals surface area contributed by atoms with Gasteiger partial charge in [-0.3, -0.25) is 0 Å². The Morgan fingerprint density at radius 2 is 2.42 bits per heavy atom. The maximum Gasteiger partial charge on any atom is 0.201 e. The number of anilines is 1. The van der Waals surface area contributed by atoms with Crippen molar-refractivity contribution in [2.75, 3.05) is 26.1 Å². The van der Waals surface area contributed by atoms with Crippen molar-refractivity contribution in [2.24, 2.45) is 0 Å². The van der Waals surface area contributed by atoms with Crippen molar-refractivity contribution >= 4 is 28.6 Å². The van der Waals surface area contributed by atoms with Crippen molar-refractivity contribution in [1.29, 1.82) is 0 Å². The number of ether oxygens (including phenoxy) is 2. The van der Waals surface area contributed by atoms with Gasteiger partial charge in [-0.05, 0) is 12.1 Å². The number of methoxy groups -OCH3 is 1. The number of para-hydroxylation sites is 1. The summed E-state index contributed by atoms with van der Waals surface area (Å²) < 4.78 is 13.0. The van der Waals surface area contributed by atoms with Gasteiger partial charge in [0, 0.05) is 20.1 Å². The van der Waals surface area contributed by atoms with Crippen LogP contribution in [0.3, 0.4) is 0 Å². The number of fused-ring (bicyclic) bond motifs is 1. The number of nitrogens with zero attached hydrogens (tertiary/aromatic N) is 2. The predicted molar refractivity (Wildman–Crippen MR) is 74.3 cm³/mol. The van der Waals surface area contributed by atoms with Crippen LogP contribution in [0.5, 0.6) is 0 Å². The number of nitrogen functional groups attached to an aromatic ring is 1. The summed E-state index contributed by atoms with van der Waals surface area (Å²) in [5.74, 6) is 0.450. The number of hydrogen-bond donors (Lipinski definition) is 1. The highest BCUT2D eigenvalue weighted by atomic mass is 35.5. The van der Waals surface area contributed by atoms with Gasteiger partial charge in [0.1, 0.15) is 5.60 Å². The van der Waals surface area contributed by atoms with Crippen molar-refractivity contribution in [1.82, 2.24) is 9.55 Å². The molecule has 5 nitrogen and oxygen atoms in total. The number of rotatable bonds is 3. The zero-order chi connectivity index (χ0) is 13.5. The first-order valence-corrected chi connectivity index (χ1v) is 6.56. The smallest absolute Gasteiger partial charge is 0.201 e. The minimum Gasteiger partial charge on any atom is -0.378 e. The van der Waals surface area contributed by atoms with E-state index in [-0.39, 0.29) is 5.60 Å². The highest BCUT2D eigenvalue weighted by Crippen LogP contribution is 2.31. The molecule has 2 N–H and O–H groups in total. The summed E-state index contributed by atoms with van der Waals surface area (Å²) in [4.78, 5) is 4.34. The van der Waals surface area contributed by atoms with Crippen LogP contribution < -0.4 is 5.73 Å². The number of benzene rings is 1. The lowest BCUT2D eigenvalue weighted by Crippen LogP contribution is -2.37. The summed E-state index contributed by atoms with van der Waals surface area (Å²) in [5, 5.41) is 0.645. The second-order valence-corrected chi connectivity index (χ2v) is 5.26. The molecule has 6 heteroatoms. The van der Waals surface area contributed by atoms with E-state index in [2.05, 4.69) is 4.98 Å². The van der Waals surface area contributed by atoms with E-state index < -0.39 is 0 Å². The van der Waals surface area contributed by atoms with E-state index in [4.69, 9.17) is 26.8 Å². The molecule has 0 bridgehead atoms. The van der Waals surface area contributed by atoms with Crippen molar-refractivity contribution in [2.45, 2.75) is 18.6 Å². The second-order valence-electron chi connectivity index (χ2n) is 4.85. The summed E-state index contributed by atoms with van der Waals surface area (Å²) >= 11 is 6.26. The van der Waals surface area contributed by atoms with Gasteiger partial charge >= 0.3 is 0 Å². The van der Waals surface area contributed by atoms with Crippen LogP contribution in [0.4, 0.5) is 5.95 Å². The summed E-state index contributed by atoms with van der Waals surface area (Å²) in [6, 6.07) is 5.61. The summed E-state index contributed by atoms with van der Waals surface area (Å²) in [6.45, 7) is 1.86. The van der Waals surface area contributed by atoms with Crippen molar-refractivity contribution in [3.8, 4) is 0 Å². The van der Waals surface area contributed by atoms with Gasteiger partial charge in [-0.15, -0.1) is 0 Å². The minimum absolute atomic E-state index is 0.346. The van der Waals surface area contributed by atoms with Crippen LogP contribution in [-0.4, -0.2) is 35.5 Å². The molecule has 1 atom stereocenters. The van der Waals surface area contributed by atoms with Crippen molar-refractivity contribution in [3.05, 3.63) is 23.2 Å². The molecule has 2 heterocycles. The van der Waals surface area contributed by atoms with Gasteiger partial charge in [0.05, 0.1) is 29.2 Å². The average molecular weight is 282 g/mol. The standard InChI is InChI=1S/C13H16ClN3O2/c1-18-13(5-6-19-8-13)7-17-11-9(14)3-2-4-10(11)16-12(17)15/h2-4H,5-8H2,1H3,(H2,15,16). The monoisotopic (exact) mass is 281 g/mol. The third-order valence-corrected chi connectivity index (χ3v) is 4.00. The molecule has 19 heavy (non-hydrogen) atoms. The quantitative estimate of drug-likeness (QED) is 0.936. The van der Waals surface area contributed by atoms with Gasteiger partial charge in [-0.25, -0.2) is 4.98 Å². The van der Waals surface area contributed by atoms with Crippen LogP contribution in [0.25, 0.3) is 11.0 Å². The Balaban J connectivity index is 2.07. The molecule has 1 fully saturated rings. The van der Waals surface area contributed by atoms with Crippen LogP contribution in [0.2, 0.25) is 5.02 Å². The number of aromatic nitrogens is 2. The molecule has 1 aliphatic rings. The van der Waals surface area contributed by atoms with E-state index in [0.29, 0.717) is 30.7 Å². The van der Waals surface area contributed by atoms with Gasteiger partial charge < -0.3 is 19.8 Å². The van der Waals surface area contributed by atoms with Gasteiger partial charge in [-0.1, -0.05) is 17.7 Å². The Hall–Kier alpha value is -1.30. The zero-order valence-corrected chi connectivity index (χ0v) is 11.5. The third-order valence-electron chi connectivity index (χ3n) is 3.69. The molecule has 0 amide bonds. The first kappa shape index (κ1) is 12.7. The number of hydrogen-bond acceptors (Lipinski definition) is 4. The number of imidazole rings is 1. The Morgan fingerprint density at radius 1 is 1.58 bits per heavy atom. The molecule has 0 aliphatic carbocycles. The van der Waals surface area contributed by atoms with Crippen LogP contribution >= 0.6 is 11.6 Å². The molecule has 0 saturated carbocycles. The fourth-order valence-corrected chi connectivity index (χ4v) is 2.82. The van der Waals surface area contributed by atoms with E-state index in [1.54, 1.807) is 7.11 Å². The van der Waals surface area contributed by atoms with E-state index in [9.17, 15) is 0 Å². The van der Waals surface area contributed by atoms with E-state index in [1.807, 2.05) is 22.8 Å². The lowest BCUT2D eigenvalue weighted by atomic mass is 10.0. The highest BCUT2D eigenvalue weighted by Gasteiger charge is 2.36. The molecule has 1 aliphatic heterocycles. The minimum atomic E-state index is -0.346. The van der Waals surface area contributed by atoms with Crippen LogP contribution in [0.1, 0.15) is 6.42 Å². The Morgan fingerprint density at radius 3 is 3.11 bits per heavy atom. The molecule has 102 valence electrons. The molecule has 1 aromatic heterocycles. The van der Waals surface area contributed by atoms with Crippen LogP contribution in [-0.2, 0) is 16.0 Å². The predicted octanol–water partition coefficient (Wildman–Crippen LogP) is 2.08. The Labute approximate surface area is 116 Å². The SMILES string of the molecule is COC1(Cn2c(N)nc3cccc(Cl)c32)CCOC1. The maximum absolute atomic E-state index is 6.26. The largest absolute Gasteiger partial charge is 0.378 e. The van der Waals surface area contributed by atoms with Crippen molar-refractivity contribution < 1.29 is 9.47 Å². The summed E-state index contributed by atoms with van der Waals surface area (Å²) in [6.07, 6.45) is 0.840. The average Bonchev–Trinajstić information content (AvgIpc) is 2.97. The molecular formula is C13H16ClN3O2. The second kappa shape index (κ2) is 4.67. The third kappa shape index (κ3) is 2.08. The van der Waals surface area contributed by atoms with Crippen LogP contribution in [0, 0.1) is 0 Å². The zero-order valence-electron chi connectivity index (χ0n) is 10.7. The molecule has 1 unspecified atom stereocenters. The lowest BCUT2D eigenvalue weighted by molar-refractivity contribution is -0.0283. The Kier molecular flexibility index (Phi) is 3.12. The Bertz CT molecular complexity index is 605. The molecular weight excluding hydrogens is 266 g/mol. The van der Waals surface area contributed by atoms with Crippen LogP contribution in [0.15, 0.2) is 18.2 Å². The van der Waals surface area contributed by atoms with Gasteiger partial charge in [0.25, 0.3) is 0 Å². The molecule has 1 aromatic carbocycles. The first-order chi connectivity index (χ1) is 9.15. The highest BCUT2D eigenvalue weighted by molar-refractivity contribution is 6.35. The number of halogens is 1. The van der Waals surface area contributed by atoms with Gasteiger partial charge in [0.15, 0.2) is 0 Å². The first-order valence-electron chi connectivity index (χ1n) is 6.18. The van der Waals surface area contributed by atoms with Crippen molar-refractivity contribution in [3.63, 3.8) is 0 Å². The molecule has 3 rings (SSSR count). The van der Waals surface area contributed by atoms with E-state index in [0.717, 1.165) is 17.5 Å². The summed E-state index contributed by atoms with van der Waals surface area (Å²) in [7, 11) is 1.70. The molecule has 2 aromatic rings. The molecule has 0 radical (unpaired) electrons. The van der Waals surface area contributed by atoms with E-state index in [1.165, 1.54) is 0 Å². The maximum atomic E-state index is 6.26.